The molecule has 1 aliphatic carbocycles. The van der Waals surface area contributed by atoms with Gasteiger partial charge in [-0.25, -0.2) is 4.39 Å². The Hall–Kier alpha value is -1.09. The van der Waals surface area contributed by atoms with Gasteiger partial charge in [0, 0.05) is 5.02 Å². The SMILES string of the molecule is CC1CCC(C(=O)O)C(Cc2cc(F)ccc2Cl)C1. The van der Waals surface area contributed by atoms with Gasteiger partial charge in [-0.05, 0) is 61.3 Å². The van der Waals surface area contributed by atoms with Gasteiger partial charge in [0.1, 0.15) is 5.82 Å². The van der Waals surface area contributed by atoms with Gasteiger partial charge in [0.2, 0.25) is 0 Å². The van der Waals surface area contributed by atoms with Crippen molar-refractivity contribution < 1.29 is 14.3 Å². The molecule has 0 spiro atoms. The Morgan fingerprint density at radius 1 is 1.47 bits per heavy atom. The lowest BCUT2D eigenvalue weighted by atomic mass is 9.72. The third-order valence-electron chi connectivity index (χ3n) is 4.05. The highest BCUT2D eigenvalue weighted by Crippen LogP contribution is 2.37. The molecule has 1 N–H and O–H groups in total. The highest BCUT2D eigenvalue weighted by molar-refractivity contribution is 6.31. The van der Waals surface area contributed by atoms with Gasteiger partial charge in [-0.1, -0.05) is 18.5 Å². The third kappa shape index (κ3) is 3.47. The summed E-state index contributed by atoms with van der Waals surface area (Å²) in [5.41, 5.74) is 0.715. The molecule has 0 radical (unpaired) electrons. The molecular formula is C15H18ClFO2. The highest BCUT2D eigenvalue weighted by Gasteiger charge is 2.33. The van der Waals surface area contributed by atoms with Gasteiger partial charge in [-0.15, -0.1) is 0 Å². The van der Waals surface area contributed by atoms with Gasteiger partial charge >= 0.3 is 5.97 Å². The van der Waals surface area contributed by atoms with Crippen molar-refractivity contribution in [2.24, 2.45) is 17.8 Å². The minimum absolute atomic E-state index is 0.0422. The van der Waals surface area contributed by atoms with Gasteiger partial charge in [0.15, 0.2) is 0 Å². The van der Waals surface area contributed by atoms with Crippen molar-refractivity contribution in [2.45, 2.75) is 32.6 Å². The standard InChI is InChI=1S/C15H18ClFO2/c1-9-2-4-13(15(18)19)10(6-9)7-11-8-12(17)3-5-14(11)16/h3,5,8-10,13H,2,4,6-7H2,1H3,(H,18,19). The lowest BCUT2D eigenvalue weighted by Gasteiger charge is -2.32. The number of carboxylic acids is 1. The Bertz CT molecular complexity index is 475. The second-order valence-electron chi connectivity index (χ2n) is 5.56. The number of benzene rings is 1. The normalized spacial score (nSPS) is 27.2. The van der Waals surface area contributed by atoms with Gasteiger partial charge < -0.3 is 5.11 Å². The molecule has 0 heterocycles. The molecular weight excluding hydrogens is 267 g/mol. The van der Waals surface area contributed by atoms with Gasteiger partial charge in [-0.3, -0.25) is 4.79 Å². The van der Waals surface area contributed by atoms with Crippen molar-refractivity contribution in [2.75, 3.05) is 0 Å². The van der Waals surface area contributed by atoms with E-state index in [4.69, 9.17) is 11.6 Å². The maximum Gasteiger partial charge on any atom is 0.306 e. The van der Waals surface area contributed by atoms with E-state index in [1.165, 1.54) is 18.2 Å². The van der Waals surface area contributed by atoms with Crippen molar-refractivity contribution in [3.05, 3.63) is 34.6 Å². The van der Waals surface area contributed by atoms with Gasteiger partial charge in [0.05, 0.1) is 5.92 Å². The quantitative estimate of drug-likeness (QED) is 0.905. The second-order valence-corrected chi connectivity index (χ2v) is 5.97. The molecule has 0 aliphatic heterocycles. The average molecular weight is 285 g/mol. The molecule has 1 saturated carbocycles. The fraction of sp³-hybridized carbons (Fsp3) is 0.533. The molecule has 3 unspecified atom stereocenters. The summed E-state index contributed by atoms with van der Waals surface area (Å²) in [5.74, 6) is -0.844. The third-order valence-corrected chi connectivity index (χ3v) is 4.42. The first-order chi connectivity index (χ1) is 8.97. The van der Waals surface area contributed by atoms with Crippen LogP contribution < -0.4 is 0 Å². The Morgan fingerprint density at radius 2 is 2.21 bits per heavy atom. The molecule has 1 fully saturated rings. The summed E-state index contributed by atoms with van der Waals surface area (Å²) in [5, 5.41) is 9.81. The van der Waals surface area contributed by atoms with Crippen LogP contribution in [0.1, 0.15) is 31.7 Å². The number of rotatable bonds is 3. The molecule has 0 bridgehead atoms. The molecule has 0 amide bonds. The summed E-state index contributed by atoms with van der Waals surface area (Å²) in [6, 6.07) is 4.28. The topological polar surface area (TPSA) is 37.3 Å². The number of hydrogen-bond acceptors (Lipinski definition) is 1. The van der Waals surface area contributed by atoms with Crippen LogP contribution in [0.2, 0.25) is 5.02 Å². The maximum atomic E-state index is 13.3. The van der Waals surface area contributed by atoms with Crippen molar-refractivity contribution >= 4 is 17.6 Å². The summed E-state index contributed by atoms with van der Waals surface area (Å²) < 4.78 is 13.3. The van der Waals surface area contributed by atoms with E-state index in [0.717, 1.165) is 12.8 Å². The van der Waals surface area contributed by atoms with Crippen LogP contribution in [-0.2, 0) is 11.2 Å². The monoisotopic (exact) mass is 284 g/mol. The van der Waals surface area contributed by atoms with Crippen LogP contribution in [0, 0.1) is 23.6 Å². The number of aliphatic carboxylic acids is 1. The molecule has 2 rings (SSSR count). The van der Waals surface area contributed by atoms with Crippen LogP contribution in [0.15, 0.2) is 18.2 Å². The molecule has 1 aromatic carbocycles. The van der Waals surface area contributed by atoms with E-state index in [0.29, 0.717) is 29.3 Å². The summed E-state index contributed by atoms with van der Waals surface area (Å²) in [6.07, 6.45) is 3.06. The number of hydrogen-bond donors (Lipinski definition) is 1. The van der Waals surface area contributed by atoms with Crippen LogP contribution in [-0.4, -0.2) is 11.1 Å². The molecule has 0 aromatic heterocycles. The summed E-state index contributed by atoms with van der Waals surface area (Å²) >= 11 is 6.07. The predicted octanol–water partition coefficient (Wildman–Crippen LogP) is 4.16. The first-order valence-corrected chi connectivity index (χ1v) is 7.02. The zero-order valence-corrected chi connectivity index (χ0v) is 11.7. The van der Waals surface area contributed by atoms with E-state index in [-0.39, 0.29) is 17.7 Å². The summed E-state index contributed by atoms with van der Waals surface area (Å²) in [7, 11) is 0. The number of halogens is 2. The predicted molar refractivity (Wildman–Crippen MR) is 72.7 cm³/mol. The highest BCUT2D eigenvalue weighted by atomic mass is 35.5. The van der Waals surface area contributed by atoms with E-state index >= 15 is 0 Å². The van der Waals surface area contributed by atoms with Gasteiger partial charge in [0.25, 0.3) is 0 Å². The maximum absolute atomic E-state index is 13.3. The van der Waals surface area contributed by atoms with Crippen molar-refractivity contribution in [1.29, 1.82) is 0 Å². The molecule has 2 nitrogen and oxygen atoms in total. The first-order valence-electron chi connectivity index (χ1n) is 6.64. The molecule has 3 atom stereocenters. The fourth-order valence-corrected chi connectivity index (χ4v) is 3.23. The van der Waals surface area contributed by atoms with Gasteiger partial charge in [-0.2, -0.15) is 0 Å². The molecule has 1 aromatic rings. The van der Waals surface area contributed by atoms with Crippen molar-refractivity contribution in [3.8, 4) is 0 Å². The minimum atomic E-state index is -0.746. The summed E-state index contributed by atoms with van der Waals surface area (Å²) in [6.45, 7) is 2.14. The second kappa shape index (κ2) is 5.91. The Balaban J connectivity index is 2.18. The zero-order chi connectivity index (χ0) is 14.0. The fourth-order valence-electron chi connectivity index (χ4n) is 3.03. The summed E-state index contributed by atoms with van der Waals surface area (Å²) in [4.78, 5) is 11.3. The van der Waals surface area contributed by atoms with Crippen molar-refractivity contribution in [1.82, 2.24) is 0 Å². The minimum Gasteiger partial charge on any atom is -0.481 e. The van der Waals surface area contributed by atoms with E-state index in [2.05, 4.69) is 6.92 Å². The van der Waals surface area contributed by atoms with E-state index < -0.39 is 5.97 Å². The molecule has 104 valence electrons. The van der Waals surface area contributed by atoms with Crippen LogP contribution in [0.5, 0.6) is 0 Å². The van der Waals surface area contributed by atoms with E-state index in [1.807, 2.05) is 0 Å². The van der Waals surface area contributed by atoms with Crippen LogP contribution in [0.3, 0.4) is 0 Å². The molecule has 19 heavy (non-hydrogen) atoms. The molecule has 1 aliphatic rings. The van der Waals surface area contributed by atoms with Crippen LogP contribution in [0.25, 0.3) is 0 Å². The van der Waals surface area contributed by atoms with Crippen LogP contribution >= 0.6 is 11.6 Å². The Labute approximate surface area is 117 Å². The number of carboxylic acid groups (broad SMARTS) is 1. The van der Waals surface area contributed by atoms with E-state index in [9.17, 15) is 14.3 Å². The largest absolute Gasteiger partial charge is 0.481 e. The average Bonchev–Trinajstić information content (AvgIpc) is 2.33. The van der Waals surface area contributed by atoms with Crippen molar-refractivity contribution in [3.63, 3.8) is 0 Å². The Morgan fingerprint density at radius 3 is 2.89 bits per heavy atom. The lowest BCUT2D eigenvalue weighted by Crippen LogP contribution is -2.31. The molecule has 4 heteroatoms. The number of carbonyl (C=O) groups is 1. The zero-order valence-electron chi connectivity index (χ0n) is 10.9. The van der Waals surface area contributed by atoms with Crippen LogP contribution in [0.4, 0.5) is 4.39 Å². The lowest BCUT2D eigenvalue weighted by molar-refractivity contribution is -0.145. The molecule has 0 saturated heterocycles. The Kier molecular flexibility index (Phi) is 4.46. The smallest absolute Gasteiger partial charge is 0.306 e. The van der Waals surface area contributed by atoms with E-state index in [1.54, 1.807) is 0 Å². The first kappa shape index (κ1) is 14.3.